The molecule has 0 aliphatic heterocycles. The maximum Gasteiger partial charge on any atom is 0.251 e. The smallest absolute Gasteiger partial charge is 0.251 e. The molecule has 0 aromatic heterocycles. The van der Waals surface area contributed by atoms with Crippen molar-refractivity contribution in [2.75, 3.05) is 13.2 Å². The Labute approximate surface area is 119 Å². The van der Waals surface area contributed by atoms with Crippen molar-refractivity contribution in [1.82, 2.24) is 10.6 Å². The van der Waals surface area contributed by atoms with Crippen molar-refractivity contribution in [2.45, 2.75) is 32.2 Å². The Balaban J connectivity index is 2.20. The Morgan fingerprint density at radius 1 is 1.25 bits per heavy atom. The molecular weight excluding hydrogens is 256 g/mol. The minimum absolute atomic E-state index is 0.0412. The van der Waals surface area contributed by atoms with E-state index in [0.717, 1.165) is 6.42 Å². The van der Waals surface area contributed by atoms with E-state index in [9.17, 15) is 9.59 Å². The van der Waals surface area contributed by atoms with E-state index in [4.69, 9.17) is 5.11 Å². The summed E-state index contributed by atoms with van der Waals surface area (Å²) in [6.45, 7) is 2.34. The molecule has 0 saturated carbocycles. The summed E-state index contributed by atoms with van der Waals surface area (Å²) in [6, 6.07) is 8.94. The molecule has 1 aromatic carbocycles. The van der Waals surface area contributed by atoms with Crippen LogP contribution in [-0.2, 0) is 4.79 Å². The highest BCUT2D eigenvalue weighted by Crippen LogP contribution is 1.98. The van der Waals surface area contributed by atoms with Crippen LogP contribution in [0.15, 0.2) is 30.3 Å². The Bertz CT molecular complexity index is 420. The van der Waals surface area contributed by atoms with Crippen LogP contribution in [0.2, 0.25) is 0 Å². The first-order valence-electron chi connectivity index (χ1n) is 6.87. The van der Waals surface area contributed by atoms with E-state index in [-0.39, 0.29) is 30.9 Å². The highest BCUT2D eigenvalue weighted by Gasteiger charge is 2.08. The first kappa shape index (κ1) is 16.2. The molecule has 1 unspecified atom stereocenters. The number of aliphatic hydroxyl groups is 1. The van der Waals surface area contributed by atoms with Crippen molar-refractivity contribution in [3.63, 3.8) is 0 Å². The summed E-state index contributed by atoms with van der Waals surface area (Å²) in [5.41, 5.74) is 0.587. The third-order valence-corrected chi connectivity index (χ3v) is 2.88. The number of nitrogens with one attached hydrogen (secondary N) is 2. The zero-order valence-corrected chi connectivity index (χ0v) is 11.8. The van der Waals surface area contributed by atoms with Gasteiger partial charge in [0.2, 0.25) is 5.91 Å². The van der Waals surface area contributed by atoms with Crippen molar-refractivity contribution in [1.29, 1.82) is 0 Å². The topological polar surface area (TPSA) is 78.4 Å². The monoisotopic (exact) mass is 278 g/mol. The van der Waals surface area contributed by atoms with Gasteiger partial charge in [-0.25, -0.2) is 0 Å². The van der Waals surface area contributed by atoms with Gasteiger partial charge in [0.25, 0.3) is 5.91 Å². The summed E-state index contributed by atoms with van der Waals surface area (Å²) in [4.78, 5) is 23.3. The Kier molecular flexibility index (Phi) is 7.35. The molecule has 0 fully saturated rings. The molecule has 0 saturated heterocycles. The van der Waals surface area contributed by atoms with Gasteiger partial charge in [0, 0.05) is 31.2 Å². The molecule has 0 aliphatic carbocycles. The van der Waals surface area contributed by atoms with Crippen molar-refractivity contribution in [3.05, 3.63) is 35.9 Å². The van der Waals surface area contributed by atoms with Crippen LogP contribution in [0.3, 0.4) is 0 Å². The van der Waals surface area contributed by atoms with E-state index in [1.807, 2.05) is 13.0 Å². The molecule has 1 atom stereocenters. The molecule has 3 N–H and O–H groups in total. The first-order chi connectivity index (χ1) is 9.63. The number of rotatable bonds is 8. The SMILES string of the molecule is CC(CCCO)NC(=O)CCNC(=O)c1ccccc1. The van der Waals surface area contributed by atoms with Gasteiger partial charge in [-0.15, -0.1) is 0 Å². The normalized spacial score (nSPS) is 11.7. The fraction of sp³-hybridized carbons (Fsp3) is 0.467. The quantitative estimate of drug-likeness (QED) is 0.666. The van der Waals surface area contributed by atoms with E-state index in [2.05, 4.69) is 10.6 Å². The predicted molar refractivity (Wildman–Crippen MR) is 77.3 cm³/mol. The van der Waals surface area contributed by atoms with Crippen LogP contribution in [0.1, 0.15) is 36.5 Å². The summed E-state index contributed by atoms with van der Waals surface area (Å²) in [5.74, 6) is -0.268. The minimum Gasteiger partial charge on any atom is -0.396 e. The third-order valence-electron chi connectivity index (χ3n) is 2.88. The lowest BCUT2D eigenvalue weighted by atomic mass is 10.2. The van der Waals surface area contributed by atoms with Crippen LogP contribution >= 0.6 is 0 Å². The van der Waals surface area contributed by atoms with Crippen molar-refractivity contribution >= 4 is 11.8 Å². The van der Waals surface area contributed by atoms with Gasteiger partial charge < -0.3 is 15.7 Å². The second kappa shape index (κ2) is 9.09. The molecule has 0 radical (unpaired) electrons. The van der Waals surface area contributed by atoms with Gasteiger partial charge in [-0.1, -0.05) is 18.2 Å². The molecule has 110 valence electrons. The van der Waals surface area contributed by atoms with E-state index in [1.54, 1.807) is 24.3 Å². The summed E-state index contributed by atoms with van der Waals surface area (Å²) in [7, 11) is 0. The average molecular weight is 278 g/mol. The first-order valence-corrected chi connectivity index (χ1v) is 6.87. The van der Waals surface area contributed by atoms with Gasteiger partial charge in [-0.2, -0.15) is 0 Å². The summed E-state index contributed by atoms with van der Waals surface area (Å²) in [5, 5.41) is 14.2. The third kappa shape index (κ3) is 6.33. The van der Waals surface area contributed by atoms with E-state index in [0.29, 0.717) is 18.5 Å². The number of benzene rings is 1. The maximum atomic E-state index is 11.7. The van der Waals surface area contributed by atoms with Gasteiger partial charge in [0.05, 0.1) is 0 Å². The van der Waals surface area contributed by atoms with Crippen LogP contribution in [0.4, 0.5) is 0 Å². The summed E-state index contributed by atoms with van der Waals surface area (Å²) in [6.07, 6.45) is 1.67. The lowest BCUT2D eigenvalue weighted by molar-refractivity contribution is -0.121. The fourth-order valence-corrected chi connectivity index (χ4v) is 1.80. The van der Waals surface area contributed by atoms with Crippen molar-refractivity contribution in [3.8, 4) is 0 Å². The maximum absolute atomic E-state index is 11.7. The molecule has 1 aromatic rings. The number of aliphatic hydroxyl groups excluding tert-OH is 1. The standard InChI is InChI=1S/C15H22N2O3/c1-12(6-5-11-18)17-14(19)9-10-16-15(20)13-7-3-2-4-8-13/h2-4,7-8,12,18H,5-6,9-11H2,1H3,(H,16,20)(H,17,19). The largest absolute Gasteiger partial charge is 0.396 e. The number of amides is 2. The lowest BCUT2D eigenvalue weighted by Gasteiger charge is -2.13. The number of carbonyl (C=O) groups is 2. The molecule has 0 heterocycles. The summed E-state index contributed by atoms with van der Waals surface area (Å²) >= 11 is 0. The number of hydrogen-bond acceptors (Lipinski definition) is 3. The molecule has 20 heavy (non-hydrogen) atoms. The fourth-order valence-electron chi connectivity index (χ4n) is 1.80. The lowest BCUT2D eigenvalue weighted by Crippen LogP contribution is -2.35. The predicted octanol–water partition coefficient (Wildman–Crippen LogP) is 1.08. The minimum atomic E-state index is -0.174. The Morgan fingerprint density at radius 3 is 2.60 bits per heavy atom. The Hall–Kier alpha value is -1.88. The zero-order valence-electron chi connectivity index (χ0n) is 11.8. The summed E-state index contributed by atoms with van der Waals surface area (Å²) < 4.78 is 0. The second-order valence-electron chi connectivity index (χ2n) is 4.71. The Morgan fingerprint density at radius 2 is 1.95 bits per heavy atom. The average Bonchev–Trinajstić information content (AvgIpc) is 2.45. The molecule has 0 aliphatic rings. The zero-order chi connectivity index (χ0) is 14.8. The van der Waals surface area contributed by atoms with Crippen LogP contribution in [0.25, 0.3) is 0 Å². The van der Waals surface area contributed by atoms with Crippen molar-refractivity contribution in [2.24, 2.45) is 0 Å². The molecular formula is C15H22N2O3. The molecule has 5 heteroatoms. The molecule has 0 bridgehead atoms. The van der Waals surface area contributed by atoms with Gasteiger partial charge >= 0.3 is 0 Å². The molecule has 2 amide bonds. The van der Waals surface area contributed by atoms with Gasteiger partial charge in [0.15, 0.2) is 0 Å². The number of hydrogen-bond donors (Lipinski definition) is 3. The van der Waals surface area contributed by atoms with Crippen LogP contribution in [-0.4, -0.2) is 36.1 Å². The molecule has 1 rings (SSSR count). The van der Waals surface area contributed by atoms with Crippen LogP contribution < -0.4 is 10.6 Å². The van der Waals surface area contributed by atoms with Crippen LogP contribution in [0, 0.1) is 0 Å². The van der Waals surface area contributed by atoms with Gasteiger partial charge in [0.1, 0.15) is 0 Å². The molecule has 0 spiro atoms. The van der Waals surface area contributed by atoms with Gasteiger partial charge in [-0.3, -0.25) is 9.59 Å². The van der Waals surface area contributed by atoms with Crippen molar-refractivity contribution < 1.29 is 14.7 Å². The van der Waals surface area contributed by atoms with E-state index in [1.165, 1.54) is 0 Å². The van der Waals surface area contributed by atoms with Gasteiger partial charge in [-0.05, 0) is 31.9 Å². The number of carbonyl (C=O) groups excluding carboxylic acids is 2. The second-order valence-corrected chi connectivity index (χ2v) is 4.71. The van der Waals surface area contributed by atoms with E-state index >= 15 is 0 Å². The van der Waals surface area contributed by atoms with Crippen LogP contribution in [0.5, 0.6) is 0 Å². The molecule has 5 nitrogen and oxygen atoms in total. The highest BCUT2D eigenvalue weighted by molar-refractivity contribution is 5.94. The highest BCUT2D eigenvalue weighted by atomic mass is 16.3. The van der Waals surface area contributed by atoms with E-state index < -0.39 is 0 Å².